The molecule has 0 spiro atoms. The van der Waals surface area contributed by atoms with Gasteiger partial charge in [0.25, 0.3) is 5.91 Å². The Kier molecular flexibility index (Phi) is 6.83. The summed E-state index contributed by atoms with van der Waals surface area (Å²) in [5.41, 5.74) is 2.25. The third-order valence-corrected chi connectivity index (χ3v) is 12.3. The lowest BCUT2D eigenvalue weighted by molar-refractivity contribution is -0.123. The van der Waals surface area contributed by atoms with Crippen molar-refractivity contribution in [3.05, 3.63) is 99.0 Å². The number of aromatic nitrogens is 1. The van der Waals surface area contributed by atoms with Gasteiger partial charge < -0.3 is 19.8 Å². The number of para-hydroxylation sites is 2. The zero-order valence-electron chi connectivity index (χ0n) is 24.2. The minimum Gasteiger partial charge on any atom is -0.493 e. The van der Waals surface area contributed by atoms with Gasteiger partial charge in [-0.3, -0.25) is 24.1 Å². The van der Waals surface area contributed by atoms with E-state index in [9.17, 15) is 19.2 Å². The molecule has 6 unspecified atom stereocenters. The number of imide groups is 1. The molecule has 8 rings (SSSR count). The molecule has 3 amide bonds. The molecule has 2 N–H and O–H groups in total. The van der Waals surface area contributed by atoms with Gasteiger partial charge in [0, 0.05) is 21.7 Å². The van der Waals surface area contributed by atoms with Gasteiger partial charge in [0.15, 0.2) is 18.1 Å². The smallest absolute Gasteiger partial charge is 0.305 e. The van der Waals surface area contributed by atoms with Crippen LogP contribution >= 0.6 is 23.1 Å². The number of hydrogen-bond donors (Lipinski definition) is 2. The van der Waals surface area contributed by atoms with Gasteiger partial charge in [-0.15, -0.1) is 11.8 Å². The number of rotatable bonds is 7. The van der Waals surface area contributed by atoms with E-state index in [0.29, 0.717) is 22.9 Å². The number of aromatic amines is 1. The fourth-order valence-electron chi connectivity index (χ4n) is 8.08. The number of thioether (sulfide) groups is 1. The van der Waals surface area contributed by atoms with Crippen LogP contribution in [0.25, 0.3) is 0 Å². The fourth-order valence-corrected chi connectivity index (χ4v) is 11.0. The van der Waals surface area contributed by atoms with Crippen molar-refractivity contribution >= 4 is 52.2 Å². The van der Waals surface area contributed by atoms with Crippen molar-refractivity contribution in [2.24, 2.45) is 29.6 Å². The van der Waals surface area contributed by atoms with E-state index >= 15 is 0 Å². The predicted octanol–water partition coefficient (Wildman–Crippen LogP) is 5.14. The molecule has 45 heavy (non-hydrogen) atoms. The Labute approximate surface area is 266 Å². The number of nitrogens with zero attached hydrogens (tertiary/aromatic N) is 1. The lowest BCUT2D eigenvalue weighted by Gasteiger charge is -2.43. The summed E-state index contributed by atoms with van der Waals surface area (Å²) >= 11 is 2.86. The van der Waals surface area contributed by atoms with Crippen molar-refractivity contribution in [1.82, 2.24) is 4.98 Å². The molecule has 3 heterocycles. The molecule has 2 aliphatic carbocycles. The highest BCUT2D eigenvalue weighted by Crippen LogP contribution is 2.68. The van der Waals surface area contributed by atoms with Gasteiger partial charge in [-0.05, 0) is 66.1 Å². The number of carbonyl (C=O) groups is 3. The van der Waals surface area contributed by atoms with Crippen molar-refractivity contribution in [2.75, 3.05) is 23.9 Å². The van der Waals surface area contributed by atoms with Gasteiger partial charge in [0.2, 0.25) is 11.8 Å². The van der Waals surface area contributed by atoms with Gasteiger partial charge in [-0.25, -0.2) is 0 Å². The van der Waals surface area contributed by atoms with Crippen LogP contribution in [0.1, 0.15) is 22.8 Å². The molecule has 3 fully saturated rings. The Morgan fingerprint density at radius 2 is 1.64 bits per heavy atom. The molecule has 0 radical (unpaired) electrons. The number of methoxy groups -OCH3 is 1. The molecular weight excluding hydrogens is 611 g/mol. The number of anilines is 2. The van der Waals surface area contributed by atoms with Gasteiger partial charge in [-0.1, -0.05) is 53.8 Å². The molecule has 1 aromatic heterocycles. The van der Waals surface area contributed by atoms with Gasteiger partial charge >= 0.3 is 4.87 Å². The molecule has 2 saturated carbocycles. The molecule has 2 aliphatic heterocycles. The number of carbonyl (C=O) groups excluding carboxylic acids is 3. The van der Waals surface area contributed by atoms with E-state index in [1.165, 1.54) is 16.2 Å². The Morgan fingerprint density at radius 1 is 0.933 bits per heavy atom. The van der Waals surface area contributed by atoms with Crippen LogP contribution in [0.2, 0.25) is 0 Å². The van der Waals surface area contributed by atoms with Crippen LogP contribution < -0.4 is 24.6 Å². The summed E-state index contributed by atoms with van der Waals surface area (Å²) in [7, 11) is 1.55. The minimum atomic E-state index is -0.378. The van der Waals surface area contributed by atoms with Crippen molar-refractivity contribution in [3.63, 3.8) is 0 Å². The highest BCUT2D eigenvalue weighted by atomic mass is 32.2. The molecule has 3 aromatic carbocycles. The molecule has 9 nitrogen and oxygen atoms in total. The summed E-state index contributed by atoms with van der Waals surface area (Å²) < 4.78 is 11.6. The van der Waals surface area contributed by atoms with E-state index in [2.05, 4.69) is 10.3 Å². The Morgan fingerprint density at radius 3 is 2.38 bits per heavy atom. The van der Waals surface area contributed by atoms with E-state index in [1.807, 2.05) is 60.7 Å². The summed E-state index contributed by atoms with van der Waals surface area (Å²) in [6.07, 6.45) is 0.808. The van der Waals surface area contributed by atoms with Gasteiger partial charge in [-0.2, -0.15) is 0 Å². The molecular formula is C34H29N3O6S2. The van der Waals surface area contributed by atoms with Crippen molar-refractivity contribution < 1.29 is 23.9 Å². The first kappa shape index (κ1) is 28.1. The SMILES string of the molecule is COc1cc([C@H]2c3sc(=O)[nH]c3SC3C4CC(C5C(=O)N(c6ccccc6)C(=O)C45)C32)ccc1OCC(=O)Nc1ccccc1. The maximum Gasteiger partial charge on any atom is 0.305 e. The van der Waals surface area contributed by atoms with E-state index < -0.39 is 0 Å². The quantitative estimate of drug-likeness (QED) is 0.269. The summed E-state index contributed by atoms with van der Waals surface area (Å²) in [6, 6.07) is 24.0. The van der Waals surface area contributed by atoms with Crippen LogP contribution in [0.4, 0.5) is 11.4 Å². The number of hydrogen-bond acceptors (Lipinski definition) is 8. The molecule has 4 aliphatic rings. The maximum atomic E-state index is 13.9. The monoisotopic (exact) mass is 639 g/mol. The van der Waals surface area contributed by atoms with E-state index in [-0.39, 0.29) is 70.0 Å². The molecule has 2 bridgehead atoms. The van der Waals surface area contributed by atoms with Gasteiger partial charge in [0.1, 0.15) is 0 Å². The van der Waals surface area contributed by atoms with Crippen LogP contribution in [0.15, 0.2) is 88.7 Å². The van der Waals surface area contributed by atoms with Crippen LogP contribution in [0.5, 0.6) is 11.5 Å². The van der Waals surface area contributed by atoms with E-state index in [4.69, 9.17) is 9.47 Å². The largest absolute Gasteiger partial charge is 0.493 e. The van der Waals surface area contributed by atoms with Crippen LogP contribution in [0, 0.1) is 29.6 Å². The molecule has 228 valence electrons. The number of fused-ring (bicyclic) bond motifs is 9. The summed E-state index contributed by atoms with van der Waals surface area (Å²) in [5, 5.41) is 3.73. The molecule has 11 heteroatoms. The van der Waals surface area contributed by atoms with Crippen LogP contribution in [-0.4, -0.2) is 41.7 Å². The summed E-state index contributed by atoms with van der Waals surface area (Å²) in [4.78, 5) is 58.1. The Hall–Kier alpha value is -4.35. The van der Waals surface area contributed by atoms with E-state index in [0.717, 1.165) is 21.9 Å². The minimum absolute atomic E-state index is 0.00150. The first-order chi connectivity index (χ1) is 21.9. The molecule has 4 aromatic rings. The zero-order valence-corrected chi connectivity index (χ0v) is 25.8. The van der Waals surface area contributed by atoms with Crippen molar-refractivity contribution in [2.45, 2.75) is 22.6 Å². The van der Waals surface area contributed by atoms with Gasteiger partial charge in [0.05, 0.1) is 29.7 Å². The second-order valence-electron chi connectivity index (χ2n) is 11.9. The standard InChI is InChI=1S/C34H29N3O6S2/c1-42-23-14-17(12-13-22(23)43-16-24(38)35-18-8-4-2-5-9-18)25-26-20-15-21(29(26)44-31-30(25)45-34(41)36-31)28-27(20)32(39)37(33(28)40)19-10-6-3-7-11-19/h2-14,20-21,25-29H,15-16H2,1H3,(H,35,38)(H,36,41)/t20?,21?,25-,26?,27?,28?,29?/m1/s1. The average molecular weight is 640 g/mol. The number of thiazole rings is 1. The summed E-state index contributed by atoms with van der Waals surface area (Å²) in [6.45, 7) is -0.195. The number of nitrogens with one attached hydrogen (secondary N) is 2. The fraction of sp³-hybridized carbons (Fsp3) is 0.294. The topological polar surface area (TPSA) is 118 Å². The zero-order chi connectivity index (χ0) is 30.8. The number of ether oxygens (including phenoxy) is 2. The van der Waals surface area contributed by atoms with E-state index in [1.54, 1.807) is 37.1 Å². The third kappa shape index (κ3) is 4.51. The summed E-state index contributed by atoms with van der Waals surface area (Å²) in [5.74, 6) is -0.415. The first-order valence-electron chi connectivity index (χ1n) is 14.9. The second kappa shape index (κ2) is 10.9. The van der Waals surface area contributed by atoms with Crippen molar-refractivity contribution in [3.8, 4) is 11.5 Å². The lowest BCUT2D eigenvalue weighted by Crippen LogP contribution is -2.42. The highest BCUT2D eigenvalue weighted by Gasteiger charge is 2.69. The Bertz CT molecular complexity index is 1880. The normalized spacial score (nSPS) is 27.6. The lowest BCUT2D eigenvalue weighted by atomic mass is 9.68. The average Bonchev–Trinajstić information content (AvgIpc) is 3.79. The molecule has 7 atom stereocenters. The van der Waals surface area contributed by atoms with Crippen LogP contribution in [-0.2, 0) is 14.4 Å². The predicted molar refractivity (Wildman–Crippen MR) is 171 cm³/mol. The highest BCUT2D eigenvalue weighted by molar-refractivity contribution is 8.00. The second-order valence-corrected chi connectivity index (χ2v) is 14.1. The Balaban J connectivity index is 1.10. The third-order valence-electron chi connectivity index (χ3n) is 9.70. The molecule has 1 saturated heterocycles. The van der Waals surface area contributed by atoms with Crippen LogP contribution in [0.3, 0.4) is 0 Å². The first-order valence-corrected chi connectivity index (χ1v) is 16.6. The van der Waals surface area contributed by atoms with Crippen molar-refractivity contribution in [1.29, 1.82) is 0 Å². The number of benzene rings is 3. The maximum absolute atomic E-state index is 13.9. The number of H-pyrrole nitrogens is 1. The number of amides is 3.